The zero-order valence-corrected chi connectivity index (χ0v) is 18.1. The second-order valence-corrected chi connectivity index (χ2v) is 8.80. The Morgan fingerprint density at radius 1 is 1.07 bits per heavy atom. The van der Waals surface area contributed by atoms with Crippen molar-refractivity contribution in [2.24, 2.45) is 0 Å². The molecule has 0 fully saturated rings. The Kier molecular flexibility index (Phi) is 6.50. The highest BCUT2D eigenvalue weighted by molar-refractivity contribution is 7.99. The Balaban J connectivity index is 1.66. The van der Waals surface area contributed by atoms with E-state index in [0.717, 1.165) is 29.9 Å². The maximum atomic E-state index is 13.1. The standard InChI is InChI=1S/C23H26N4O2S/c1-17(13-14-18-9-4-3-5-10-18)30-23-25-24-22-26(15-8-16-29-2)21(28)19-11-6-7-12-20(19)27(22)23/h3-7,9-12,17H,8,13-16H2,1-2H3. The van der Waals surface area contributed by atoms with E-state index in [0.29, 0.717) is 29.6 Å². The van der Waals surface area contributed by atoms with Crippen molar-refractivity contribution < 1.29 is 4.74 Å². The highest BCUT2D eigenvalue weighted by Gasteiger charge is 2.18. The molecule has 0 saturated heterocycles. The maximum absolute atomic E-state index is 13.1. The minimum Gasteiger partial charge on any atom is -0.385 e. The van der Waals surface area contributed by atoms with E-state index in [2.05, 4.69) is 41.4 Å². The summed E-state index contributed by atoms with van der Waals surface area (Å²) in [6.45, 7) is 3.36. The number of nitrogens with zero attached hydrogens (tertiary/aromatic N) is 4. The number of rotatable bonds is 9. The van der Waals surface area contributed by atoms with Gasteiger partial charge in [-0.3, -0.25) is 13.8 Å². The molecule has 0 saturated carbocycles. The maximum Gasteiger partial charge on any atom is 0.262 e. The van der Waals surface area contributed by atoms with Crippen molar-refractivity contribution in [3.63, 3.8) is 0 Å². The molecule has 2 aromatic carbocycles. The van der Waals surface area contributed by atoms with Crippen LogP contribution in [0, 0.1) is 0 Å². The third-order valence-corrected chi connectivity index (χ3v) is 6.31. The van der Waals surface area contributed by atoms with Gasteiger partial charge in [0.2, 0.25) is 5.78 Å². The molecule has 4 rings (SSSR count). The summed E-state index contributed by atoms with van der Waals surface area (Å²) in [6.07, 6.45) is 2.80. The van der Waals surface area contributed by atoms with Gasteiger partial charge in [0.1, 0.15) is 0 Å². The van der Waals surface area contributed by atoms with Gasteiger partial charge in [-0.1, -0.05) is 61.2 Å². The van der Waals surface area contributed by atoms with Crippen molar-refractivity contribution in [2.75, 3.05) is 13.7 Å². The smallest absolute Gasteiger partial charge is 0.262 e. The number of aromatic nitrogens is 4. The molecule has 0 aliphatic carbocycles. The highest BCUT2D eigenvalue weighted by atomic mass is 32.2. The summed E-state index contributed by atoms with van der Waals surface area (Å²) < 4.78 is 8.90. The van der Waals surface area contributed by atoms with Crippen molar-refractivity contribution in [3.8, 4) is 0 Å². The molecule has 0 aliphatic rings. The van der Waals surface area contributed by atoms with Crippen LogP contribution in [0.4, 0.5) is 0 Å². The zero-order chi connectivity index (χ0) is 20.9. The molecule has 2 heterocycles. The minimum absolute atomic E-state index is 0.0321. The molecule has 4 aromatic rings. The third kappa shape index (κ3) is 4.27. The van der Waals surface area contributed by atoms with Crippen LogP contribution in [-0.2, 0) is 17.7 Å². The lowest BCUT2D eigenvalue weighted by molar-refractivity contribution is 0.190. The summed E-state index contributed by atoms with van der Waals surface area (Å²) in [5, 5.41) is 10.7. The number of methoxy groups -OCH3 is 1. The summed E-state index contributed by atoms with van der Waals surface area (Å²) in [7, 11) is 1.67. The Morgan fingerprint density at radius 3 is 2.63 bits per heavy atom. The number of ether oxygens (including phenoxy) is 1. The van der Waals surface area contributed by atoms with Gasteiger partial charge in [-0.25, -0.2) is 0 Å². The normalized spacial score (nSPS) is 12.6. The molecule has 0 N–H and O–H groups in total. The van der Waals surface area contributed by atoms with Gasteiger partial charge in [-0.05, 0) is 37.0 Å². The number of hydrogen-bond donors (Lipinski definition) is 0. The number of aryl methyl sites for hydroxylation is 2. The molecule has 0 spiro atoms. The summed E-state index contributed by atoms with van der Waals surface area (Å²) in [4.78, 5) is 13.1. The minimum atomic E-state index is -0.0321. The molecule has 1 atom stereocenters. The van der Waals surface area contributed by atoms with E-state index in [9.17, 15) is 4.79 Å². The first-order valence-electron chi connectivity index (χ1n) is 10.2. The first-order chi connectivity index (χ1) is 14.7. The van der Waals surface area contributed by atoms with Crippen LogP contribution in [0.3, 0.4) is 0 Å². The fraction of sp³-hybridized carbons (Fsp3) is 0.348. The van der Waals surface area contributed by atoms with E-state index >= 15 is 0 Å². The van der Waals surface area contributed by atoms with Crippen molar-refractivity contribution >= 4 is 28.4 Å². The predicted molar refractivity (Wildman–Crippen MR) is 121 cm³/mol. The molecule has 0 amide bonds. The van der Waals surface area contributed by atoms with Crippen LogP contribution >= 0.6 is 11.8 Å². The molecular weight excluding hydrogens is 396 g/mol. The second-order valence-electron chi connectivity index (χ2n) is 7.39. The lowest BCUT2D eigenvalue weighted by Gasteiger charge is -2.13. The molecule has 2 aromatic heterocycles. The fourth-order valence-electron chi connectivity index (χ4n) is 3.63. The summed E-state index contributed by atoms with van der Waals surface area (Å²) in [5.74, 6) is 0.590. The summed E-state index contributed by atoms with van der Waals surface area (Å²) in [5.41, 5.74) is 2.16. The fourth-order valence-corrected chi connectivity index (χ4v) is 4.60. The average Bonchev–Trinajstić information content (AvgIpc) is 3.19. The van der Waals surface area contributed by atoms with Crippen molar-refractivity contribution in [1.29, 1.82) is 0 Å². The number of hydrogen-bond acceptors (Lipinski definition) is 5. The van der Waals surface area contributed by atoms with Crippen molar-refractivity contribution in [3.05, 3.63) is 70.5 Å². The molecule has 0 radical (unpaired) electrons. The topological polar surface area (TPSA) is 61.4 Å². The summed E-state index contributed by atoms with van der Waals surface area (Å²) in [6, 6.07) is 18.2. The first-order valence-corrected chi connectivity index (χ1v) is 11.1. The number of benzene rings is 2. The predicted octanol–water partition coefficient (Wildman–Crippen LogP) is 4.19. The van der Waals surface area contributed by atoms with Gasteiger partial charge in [0.15, 0.2) is 5.16 Å². The Morgan fingerprint density at radius 2 is 1.83 bits per heavy atom. The van der Waals surface area contributed by atoms with E-state index in [1.807, 2.05) is 34.7 Å². The van der Waals surface area contributed by atoms with Crippen LogP contribution in [0.1, 0.15) is 25.3 Å². The van der Waals surface area contributed by atoms with Crippen LogP contribution in [0.2, 0.25) is 0 Å². The molecule has 0 bridgehead atoms. The van der Waals surface area contributed by atoms with Gasteiger partial charge < -0.3 is 4.74 Å². The quantitative estimate of drug-likeness (QED) is 0.299. The van der Waals surface area contributed by atoms with Gasteiger partial charge in [0.25, 0.3) is 5.56 Å². The molecule has 6 nitrogen and oxygen atoms in total. The SMILES string of the molecule is COCCCn1c(=O)c2ccccc2n2c(SC(C)CCc3ccccc3)nnc12. The highest BCUT2D eigenvalue weighted by Crippen LogP contribution is 2.27. The Hall–Kier alpha value is -2.64. The molecule has 7 heteroatoms. The van der Waals surface area contributed by atoms with Crippen LogP contribution in [0.15, 0.2) is 64.5 Å². The van der Waals surface area contributed by atoms with Gasteiger partial charge in [-0.15, -0.1) is 10.2 Å². The monoisotopic (exact) mass is 422 g/mol. The van der Waals surface area contributed by atoms with Crippen LogP contribution < -0.4 is 5.56 Å². The Bertz CT molecular complexity index is 1190. The molecule has 156 valence electrons. The molecule has 30 heavy (non-hydrogen) atoms. The molecule has 0 aliphatic heterocycles. The molecule has 1 unspecified atom stereocenters. The zero-order valence-electron chi connectivity index (χ0n) is 17.3. The largest absolute Gasteiger partial charge is 0.385 e. The summed E-state index contributed by atoms with van der Waals surface area (Å²) >= 11 is 1.71. The van der Waals surface area contributed by atoms with Crippen LogP contribution in [0.25, 0.3) is 16.7 Å². The lowest BCUT2D eigenvalue weighted by atomic mass is 10.1. The van der Waals surface area contributed by atoms with Crippen molar-refractivity contribution in [1.82, 2.24) is 19.2 Å². The van der Waals surface area contributed by atoms with Crippen LogP contribution in [-0.4, -0.2) is 38.1 Å². The van der Waals surface area contributed by atoms with E-state index in [1.54, 1.807) is 23.4 Å². The lowest BCUT2D eigenvalue weighted by Crippen LogP contribution is -2.24. The van der Waals surface area contributed by atoms with E-state index < -0.39 is 0 Å². The van der Waals surface area contributed by atoms with Crippen LogP contribution in [0.5, 0.6) is 0 Å². The number of thioether (sulfide) groups is 1. The van der Waals surface area contributed by atoms with Crippen molar-refractivity contribution in [2.45, 2.75) is 43.1 Å². The van der Waals surface area contributed by atoms with Gasteiger partial charge >= 0.3 is 0 Å². The number of fused-ring (bicyclic) bond motifs is 3. The molecular formula is C23H26N4O2S. The van der Waals surface area contributed by atoms with E-state index in [-0.39, 0.29) is 5.56 Å². The Labute approximate surface area is 179 Å². The van der Waals surface area contributed by atoms with Gasteiger partial charge in [0.05, 0.1) is 10.9 Å². The van der Waals surface area contributed by atoms with Gasteiger partial charge in [-0.2, -0.15) is 0 Å². The first kappa shape index (κ1) is 20.6. The second kappa shape index (κ2) is 9.45. The van der Waals surface area contributed by atoms with E-state index in [4.69, 9.17) is 4.74 Å². The number of para-hydroxylation sites is 1. The van der Waals surface area contributed by atoms with E-state index in [1.165, 1.54) is 5.56 Å². The third-order valence-electron chi connectivity index (χ3n) is 5.20. The average molecular weight is 423 g/mol. The van der Waals surface area contributed by atoms with Gasteiger partial charge in [0, 0.05) is 25.5 Å².